The van der Waals surface area contributed by atoms with Crippen molar-refractivity contribution in [2.24, 2.45) is 0 Å². The van der Waals surface area contributed by atoms with Crippen molar-refractivity contribution in [3.63, 3.8) is 0 Å². The first-order chi connectivity index (χ1) is 8.71. The van der Waals surface area contributed by atoms with Crippen molar-refractivity contribution in [3.05, 3.63) is 18.5 Å². The lowest BCUT2D eigenvalue weighted by atomic mass is 10.3. The highest BCUT2D eigenvalue weighted by atomic mass is 16.2. The zero-order valence-electron chi connectivity index (χ0n) is 11.4. The maximum absolute atomic E-state index is 11.8. The smallest absolute Gasteiger partial charge is 0.224 e. The number of hydrogen-bond donors (Lipinski definition) is 2. The molecule has 5 nitrogen and oxygen atoms in total. The maximum atomic E-state index is 11.8. The normalized spacial score (nSPS) is 9.94. The molecule has 1 rings (SSSR count). The van der Waals surface area contributed by atoms with Crippen molar-refractivity contribution in [1.82, 2.24) is 9.88 Å². The second-order valence-electron chi connectivity index (χ2n) is 3.96. The van der Waals surface area contributed by atoms with Crippen molar-refractivity contribution in [2.45, 2.75) is 20.3 Å². The number of anilines is 2. The molecule has 0 unspecified atom stereocenters. The van der Waals surface area contributed by atoms with Crippen molar-refractivity contribution >= 4 is 17.3 Å². The highest BCUT2D eigenvalue weighted by molar-refractivity contribution is 5.76. The van der Waals surface area contributed by atoms with Gasteiger partial charge in [-0.25, -0.2) is 0 Å². The highest BCUT2D eigenvalue weighted by Gasteiger charge is 2.08. The van der Waals surface area contributed by atoms with E-state index in [4.69, 9.17) is 0 Å². The van der Waals surface area contributed by atoms with E-state index < -0.39 is 0 Å². The Balaban J connectivity index is 2.39. The van der Waals surface area contributed by atoms with Gasteiger partial charge in [0, 0.05) is 33.1 Å². The molecule has 0 aliphatic carbocycles. The number of nitrogens with zero attached hydrogens (tertiary/aromatic N) is 2. The number of aromatic nitrogens is 1. The number of carbonyl (C=O) groups is 1. The number of hydrogen-bond acceptors (Lipinski definition) is 4. The molecule has 0 radical (unpaired) electrons. The van der Waals surface area contributed by atoms with Crippen LogP contribution in [0.1, 0.15) is 20.3 Å². The molecular weight excluding hydrogens is 228 g/mol. The Kier molecular flexibility index (Phi) is 5.97. The van der Waals surface area contributed by atoms with Crippen LogP contribution in [0.15, 0.2) is 18.5 Å². The summed E-state index contributed by atoms with van der Waals surface area (Å²) < 4.78 is 0. The molecule has 100 valence electrons. The van der Waals surface area contributed by atoms with Gasteiger partial charge in [-0.1, -0.05) is 0 Å². The Hall–Kier alpha value is -1.78. The molecule has 0 atom stereocenters. The second kappa shape index (κ2) is 7.53. The minimum Gasteiger partial charge on any atom is -0.387 e. The molecule has 0 saturated heterocycles. The predicted molar refractivity (Wildman–Crippen MR) is 74.8 cm³/mol. The van der Waals surface area contributed by atoms with E-state index in [1.165, 1.54) is 0 Å². The molecule has 1 aromatic rings. The zero-order chi connectivity index (χ0) is 13.4. The van der Waals surface area contributed by atoms with Crippen LogP contribution in [0.25, 0.3) is 0 Å². The molecule has 0 fully saturated rings. The fourth-order valence-corrected chi connectivity index (χ4v) is 1.72. The number of amides is 1. The molecule has 0 saturated carbocycles. The van der Waals surface area contributed by atoms with Crippen LogP contribution in [0.3, 0.4) is 0 Å². The van der Waals surface area contributed by atoms with Crippen LogP contribution >= 0.6 is 0 Å². The monoisotopic (exact) mass is 250 g/mol. The Morgan fingerprint density at radius 1 is 1.28 bits per heavy atom. The molecule has 1 heterocycles. The van der Waals surface area contributed by atoms with Gasteiger partial charge in [0.1, 0.15) is 0 Å². The standard InChI is InChI=1S/C13H22N4O/c1-4-17(5-2)13(18)6-7-16-12-8-11(14-3)9-15-10-12/h8-10,14,16H,4-7H2,1-3H3. The average molecular weight is 250 g/mol. The summed E-state index contributed by atoms with van der Waals surface area (Å²) in [6, 6.07) is 1.97. The van der Waals surface area contributed by atoms with Gasteiger partial charge in [-0.3, -0.25) is 9.78 Å². The van der Waals surface area contributed by atoms with Crippen LogP contribution < -0.4 is 10.6 Å². The number of nitrogens with one attached hydrogen (secondary N) is 2. The molecule has 0 spiro atoms. The van der Waals surface area contributed by atoms with Crippen LogP contribution in [0, 0.1) is 0 Å². The first-order valence-electron chi connectivity index (χ1n) is 6.35. The molecule has 5 heteroatoms. The lowest BCUT2D eigenvalue weighted by Gasteiger charge is -2.18. The maximum Gasteiger partial charge on any atom is 0.224 e. The minimum absolute atomic E-state index is 0.185. The van der Waals surface area contributed by atoms with Crippen LogP contribution in [0.2, 0.25) is 0 Å². The van der Waals surface area contributed by atoms with Crippen LogP contribution in [0.4, 0.5) is 11.4 Å². The molecule has 0 aliphatic rings. The van der Waals surface area contributed by atoms with Gasteiger partial charge in [-0.15, -0.1) is 0 Å². The van der Waals surface area contributed by atoms with Gasteiger partial charge in [0.15, 0.2) is 0 Å². The summed E-state index contributed by atoms with van der Waals surface area (Å²) in [5, 5.41) is 6.23. The van der Waals surface area contributed by atoms with E-state index in [2.05, 4.69) is 15.6 Å². The van der Waals surface area contributed by atoms with Gasteiger partial charge in [0.2, 0.25) is 5.91 Å². The van der Waals surface area contributed by atoms with Gasteiger partial charge in [0.25, 0.3) is 0 Å². The summed E-state index contributed by atoms with van der Waals surface area (Å²) in [6.07, 6.45) is 4.01. The van der Waals surface area contributed by atoms with Gasteiger partial charge in [-0.05, 0) is 19.9 Å². The highest BCUT2D eigenvalue weighted by Crippen LogP contribution is 2.11. The van der Waals surface area contributed by atoms with Crippen LogP contribution in [0.5, 0.6) is 0 Å². The molecule has 2 N–H and O–H groups in total. The van der Waals surface area contributed by atoms with Gasteiger partial charge in [-0.2, -0.15) is 0 Å². The third kappa shape index (κ3) is 4.24. The molecule has 0 aliphatic heterocycles. The van der Waals surface area contributed by atoms with E-state index in [1.54, 1.807) is 12.4 Å². The summed E-state index contributed by atoms with van der Waals surface area (Å²) in [6.45, 7) is 6.16. The Bertz CT molecular complexity index is 377. The lowest BCUT2D eigenvalue weighted by molar-refractivity contribution is -0.130. The fourth-order valence-electron chi connectivity index (χ4n) is 1.72. The Morgan fingerprint density at radius 3 is 2.56 bits per heavy atom. The molecule has 1 aromatic heterocycles. The van der Waals surface area contributed by atoms with E-state index in [-0.39, 0.29) is 5.91 Å². The quantitative estimate of drug-likeness (QED) is 0.774. The van der Waals surface area contributed by atoms with Crippen molar-refractivity contribution < 1.29 is 4.79 Å². The summed E-state index contributed by atoms with van der Waals surface area (Å²) in [4.78, 5) is 17.7. The first kappa shape index (κ1) is 14.3. The number of pyridine rings is 1. The summed E-state index contributed by atoms with van der Waals surface area (Å²) in [5.41, 5.74) is 1.88. The lowest BCUT2D eigenvalue weighted by Crippen LogP contribution is -2.31. The van der Waals surface area contributed by atoms with Gasteiger partial charge in [0.05, 0.1) is 23.8 Å². The predicted octanol–water partition coefficient (Wildman–Crippen LogP) is 1.79. The molecule has 1 amide bonds. The van der Waals surface area contributed by atoms with Gasteiger partial charge >= 0.3 is 0 Å². The third-order valence-corrected chi connectivity index (χ3v) is 2.81. The summed E-state index contributed by atoms with van der Waals surface area (Å²) in [5.74, 6) is 0.185. The fraction of sp³-hybridized carbons (Fsp3) is 0.538. The molecule has 18 heavy (non-hydrogen) atoms. The first-order valence-corrected chi connectivity index (χ1v) is 6.35. The van der Waals surface area contributed by atoms with Crippen LogP contribution in [-0.2, 0) is 4.79 Å². The second-order valence-corrected chi connectivity index (χ2v) is 3.96. The summed E-state index contributed by atoms with van der Waals surface area (Å²) in [7, 11) is 1.85. The van der Waals surface area contributed by atoms with E-state index in [9.17, 15) is 4.79 Å². The largest absolute Gasteiger partial charge is 0.387 e. The molecule has 0 aromatic carbocycles. The van der Waals surface area contributed by atoms with Gasteiger partial charge < -0.3 is 15.5 Å². The van der Waals surface area contributed by atoms with Crippen molar-refractivity contribution in [2.75, 3.05) is 37.3 Å². The number of carbonyl (C=O) groups excluding carboxylic acids is 1. The van der Waals surface area contributed by atoms with Crippen molar-refractivity contribution in [1.29, 1.82) is 0 Å². The zero-order valence-corrected chi connectivity index (χ0v) is 11.4. The van der Waals surface area contributed by atoms with Crippen LogP contribution in [-0.4, -0.2) is 42.5 Å². The molecule has 0 bridgehead atoms. The Labute approximate surface area is 109 Å². The average Bonchev–Trinajstić information content (AvgIpc) is 2.40. The van der Waals surface area contributed by atoms with E-state index in [0.717, 1.165) is 24.5 Å². The topological polar surface area (TPSA) is 57.3 Å². The van der Waals surface area contributed by atoms with E-state index >= 15 is 0 Å². The van der Waals surface area contributed by atoms with E-state index in [1.807, 2.05) is 31.9 Å². The minimum atomic E-state index is 0.185. The SMILES string of the molecule is CCN(CC)C(=O)CCNc1cncc(NC)c1. The van der Waals surface area contributed by atoms with E-state index in [0.29, 0.717) is 13.0 Å². The summed E-state index contributed by atoms with van der Waals surface area (Å²) >= 11 is 0. The number of rotatable bonds is 7. The van der Waals surface area contributed by atoms with Crippen molar-refractivity contribution in [3.8, 4) is 0 Å². The Morgan fingerprint density at radius 2 is 1.94 bits per heavy atom. The molecular formula is C13H22N4O. The third-order valence-electron chi connectivity index (χ3n) is 2.81.